The van der Waals surface area contributed by atoms with Crippen LogP contribution in [0.2, 0.25) is 0 Å². The van der Waals surface area contributed by atoms with Gasteiger partial charge in [-0.2, -0.15) is 11.8 Å². The van der Waals surface area contributed by atoms with Gasteiger partial charge in [0.25, 0.3) is 0 Å². The summed E-state index contributed by atoms with van der Waals surface area (Å²) in [4.78, 5) is 0. The fourth-order valence-corrected chi connectivity index (χ4v) is 3.21. The van der Waals surface area contributed by atoms with E-state index in [0.717, 1.165) is 12.1 Å². The Bertz CT molecular complexity index is 162. The highest BCUT2D eigenvalue weighted by Gasteiger charge is 2.39. The van der Waals surface area contributed by atoms with Crippen LogP contribution < -0.4 is 5.32 Å². The Kier molecular flexibility index (Phi) is 4.78. The maximum atomic E-state index is 3.82. The summed E-state index contributed by atoms with van der Waals surface area (Å²) in [6.45, 7) is 9.28. The molecule has 0 aromatic rings. The van der Waals surface area contributed by atoms with Crippen molar-refractivity contribution in [3.8, 4) is 0 Å². The topological polar surface area (TPSA) is 12.0 Å². The second kappa shape index (κ2) is 5.41. The first-order valence-electron chi connectivity index (χ1n) is 6.00. The van der Waals surface area contributed by atoms with Gasteiger partial charge in [0.05, 0.1) is 0 Å². The minimum Gasteiger partial charge on any atom is -0.309 e. The van der Waals surface area contributed by atoms with E-state index in [1.54, 1.807) is 0 Å². The number of hydrogen-bond donors (Lipinski definition) is 1. The van der Waals surface area contributed by atoms with Gasteiger partial charge in [-0.05, 0) is 26.7 Å². The SMILES string of the molecule is CCCC(CCC)NC1CSC1(C)C. The van der Waals surface area contributed by atoms with Crippen molar-refractivity contribution in [1.82, 2.24) is 5.32 Å². The van der Waals surface area contributed by atoms with Crippen LogP contribution in [-0.4, -0.2) is 22.6 Å². The lowest BCUT2D eigenvalue weighted by molar-refractivity contribution is 0.348. The zero-order chi connectivity index (χ0) is 10.6. The summed E-state index contributed by atoms with van der Waals surface area (Å²) in [5, 5.41) is 3.82. The minimum atomic E-state index is 0.472. The van der Waals surface area contributed by atoms with E-state index in [9.17, 15) is 0 Å². The number of hydrogen-bond acceptors (Lipinski definition) is 2. The molecule has 1 rings (SSSR count). The third kappa shape index (κ3) is 3.16. The van der Waals surface area contributed by atoms with E-state index >= 15 is 0 Å². The van der Waals surface area contributed by atoms with Crippen molar-refractivity contribution in [2.75, 3.05) is 5.75 Å². The van der Waals surface area contributed by atoms with Crippen LogP contribution in [0.4, 0.5) is 0 Å². The maximum Gasteiger partial charge on any atom is 0.0302 e. The summed E-state index contributed by atoms with van der Waals surface area (Å²) in [6.07, 6.45) is 5.28. The average Bonchev–Trinajstić information content (AvgIpc) is 2.13. The molecule has 0 radical (unpaired) electrons. The highest BCUT2D eigenvalue weighted by Crippen LogP contribution is 2.40. The molecular weight excluding hydrogens is 190 g/mol. The van der Waals surface area contributed by atoms with E-state index in [-0.39, 0.29) is 0 Å². The molecule has 2 heteroatoms. The molecule has 0 bridgehead atoms. The molecule has 0 aliphatic carbocycles. The molecule has 1 aliphatic rings. The summed E-state index contributed by atoms with van der Waals surface area (Å²) in [6, 6.07) is 1.51. The summed E-state index contributed by atoms with van der Waals surface area (Å²) >= 11 is 2.09. The zero-order valence-corrected chi connectivity index (χ0v) is 10.9. The Morgan fingerprint density at radius 3 is 2.14 bits per heavy atom. The van der Waals surface area contributed by atoms with E-state index in [0.29, 0.717) is 4.75 Å². The van der Waals surface area contributed by atoms with Gasteiger partial charge in [-0.1, -0.05) is 26.7 Å². The monoisotopic (exact) mass is 215 g/mol. The number of rotatable bonds is 6. The van der Waals surface area contributed by atoms with Crippen LogP contribution in [0.3, 0.4) is 0 Å². The Morgan fingerprint density at radius 2 is 1.86 bits per heavy atom. The Morgan fingerprint density at radius 1 is 1.29 bits per heavy atom. The van der Waals surface area contributed by atoms with Crippen LogP contribution in [0.5, 0.6) is 0 Å². The second-order valence-corrected chi connectivity index (χ2v) is 6.58. The van der Waals surface area contributed by atoms with Gasteiger partial charge in [0.15, 0.2) is 0 Å². The summed E-state index contributed by atoms with van der Waals surface area (Å²) < 4.78 is 0.472. The van der Waals surface area contributed by atoms with Crippen LogP contribution >= 0.6 is 11.8 Å². The molecule has 1 heterocycles. The Labute approximate surface area is 93.4 Å². The molecule has 1 fully saturated rings. The van der Waals surface area contributed by atoms with E-state index in [1.807, 2.05) is 0 Å². The molecule has 0 aromatic carbocycles. The van der Waals surface area contributed by atoms with E-state index < -0.39 is 0 Å². The van der Waals surface area contributed by atoms with E-state index in [1.165, 1.54) is 31.4 Å². The Hall–Kier alpha value is 0.310. The average molecular weight is 215 g/mol. The van der Waals surface area contributed by atoms with Gasteiger partial charge < -0.3 is 5.32 Å². The van der Waals surface area contributed by atoms with Gasteiger partial charge in [0, 0.05) is 22.6 Å². The smallest absolute Gasteiger partial charge is 0.0302 e. The summed E-state index contributed by atoms with van der Waals surface area (Å²) in [5.74, 6) is 1.30. The first-order valence-corrected chi connectivity index (χ1v) is 6.98. The lowest BCUT2D eigenvalue weighted by Gasteiger charge is -2.46. The minimum absolute atomic E-state index is 0.472. The van der Waals surface area contributed by atoms with Gasteiger partial charge >= 0.3 is 0 Å². The number of nitrogens with one attached hydrogen (secondary N) is 1. The maximum absolute atomic E-state index is 3.82. The molecular formula is C12H25NS. The number of thioether (sulfide) groups is 1. The fourth-order valence-electron chi connectivity index (χ4n) is 2.04. The molecule has 1 nitrogen and oxygen atoms in total. The first-order chi connectivity index (χ1) is 6.60. The quantitative estimate of drug-likeness (QED) is 0.728. The first kappa shape index (κ1) is 12.4. The summed E-state index contributed by atoms with van der Waals surface area (Å²) in [5.41, 5.74) is 0. The van der Waals surface area contributed by atoms with Crippen molar-refractivity contribution < 1.29 is 0 Å². The van der Waals surface area contributed by atoms with Crippen LogP contribution in [-0.2, 0) is 0 Å². The van der Waals surface area contributed by atoms with Crippen LogP contribution in [0.25, 0.3) is 0 Å². The normalized spacial score (nSPS) is 25.1. The molecule has 14 heavy (non-hydrogen) atoms. The van der Waals surface area contributed by atoms with Crippen molar-refractivity contribution in [1.29, 1.82) is 0 Å². The van der Waals surface area contributed by atoms with Crippen molar-refractivity contribution >= 4 is 11.8 Å². The third-order valence-corrected chi connectivity index (χ3v) is 4.70. The van der Waals surface area contributed by atoms with Gasteiger partial charge in [0.1, 0.15) is 0 Å². The predicted molar refractivity (Wildman–Crippen MR) is 67.1 cm³/mol. The van der Waals surface area contributed by atoms with Crippen molar-refractivity contribution in [2.24, 2.45) is 0 Å². The third-order valence-electron chi connectivity index (χ3n) is 3.17. The molecule has 0 spiro atoms. The second-order valence-electron chi connectivity index (χ2n) is 4.91. The largest absolute Gasteiger partial charge is 0.309 e. The zero-order valence-electron chi connectivity index (χ0n) is 10.1. The van der Waals surface area contributed by atoms with Gasteiger partial charge in [-0.15, -0.1) is 0 Å². The predicted octanol–water partition coefficient (Wildman–Crippen LogP) is 3.44. The molecule has 1 aliphatic heterocycles. The molecule has 1 saturated heterocycles. The van der Waals surface area contributed by atoms with Crippen molar-refractivity contribution in [3.63, 3.8) is 0 Å². The molecule has 1 atom stereocenters. The highest BCUT2D eigenvalue weighted by molar-refractivity contribution is 8.02. The van der Waals surface area contributed by atoms with E-state index in [4.69, 9.17) is 0 Å². The van der Waals surface area contributed by atoms with Gasteiger partial charge in [0.2, 0.25) is 0 Å². The molecule has 0 saturated carbocycles. The molecule has 0 amide bonds. The van der Waals surface area contributed by atoms with Crippen molar-refractivity contribution in [3.05, 3.63) is 0 Å². The van der Waals surface area contributed by atoms with Crippen LogP contribution in [0.15, 0.2) is 0 Å². The lowest BCUT2D eigenvalue weighted by atomic mass is 9.99. The summed E-state index contributed by atoms with van der Waals surface area (Å²) in [7, 11) is 0. The van der Waals surface area contributed by atoms with Crippen LogP contribution in [0, 0.1) is 0 Å². The molecule has 1 unspecified atom stereocenters. The lowest BCUT2D eigenvalue weighted by Crippen LogP contribution is -2.57. The van der Waals surface area contributed by atoms with Gasteiger partial charge in [-0.3, -0.25) is 0 Å². The van der Waals surface area contributed by atoms with Crippen molar-refractivity contribution in [2.45, 2.75) is 70.2 Å². The molecule has 1 N–H and O–H groups in total. The Balaban J connectivity index is 2.31. The van der Waals surface area contributed by atoms with Crippen LogP contribution in [0.1, 0.15) is 53.4 Å². The highest BCUT2D eigenvalue weighted by atomic mass is 32.2. The van der Waals surface area contributed by atoms with E-state index in [2.05, 4.69) is 44.8 Å². The molecule has 0 aromatic heterocycles. The van der Waals surface area contributed by atoms with Gasteiger partial charge in [-0.25, -0.2) is 0 Å². The molecule has 84 valence electrons. The standard InChI is InChI=1S/C12H25NS/c1-5-7-10(8-6-2)13-11-9-14-12(11,3)4/h10-11,13H,5-9H2,1-4H3. The fraction of sp³-hybridized carbons (Fsp3) is 1.00.